The molecule has 0 saturated carbocycles. The van der Waals surface area contributed by atoms with Crippen LogP contribution in [-0.2, 0) is 0 Å². The van der Waals surface area contributed by atoms with Gasteiger partial charge in [0.05, 0.1) is 11.9 Å². The Morgan fingerprint density at radius 3 is 2.75 bits per heavy atom. The van der Waals surface area contributed by atoms with Crippen molar-refractivity contribution in [3.05, 3.63) is 53.3 Å². The number of hydrogen-bond donors (Lipinski definition) is 2. The van der Waals surface area contributed by atoms with Gasteiger partial charge in [0.25, 0.3) is 0 Å². The van der Waals surface area contributed by atoms with Crippen molar-refractivity contribution in [2.24, 2.45) is 15.8 Å². The van der Waals surface area contributed by atoms with Crippen molar-refractivity contribution < 1.29 is 0 Å². The van der Waals surface area contributed by atoms with Crippen LogP contribution in [0.5, 0.6) is 0 Å². The summed E-state index contributed by atoms with van der Waals surface area (Å²) in [7, 11) is 0. The zero-order valence-electron chi connectivity index (χ0n) is 14.0. The van der Waals surface area contributed by atoms with Gasteiger partial charge in [0.2, 0.25) is 5.96 Å². The maximum atomic E-state index is 5.93. The van der Waals surface area contributed by atoms with E-state index in [1.54, 1.807) is 6.21 Å². The van der Waals surface area contributed by atoms with Gasteiger partial charge >= 0.3 is 0 Å². The number of aromatic nitrogens is 1. The Kier molecular flexibility index (Phi) is 7.36. The highest BCUT2D eigenvalue weighted by molar-refractivity contribution is 6.30. The third-order valence-electron chi connectivity index (χ3n) is 3.55. The van der Waals surface area contributed by atoms with Gasteiger partial charge in [-0.15, -0.1) is 0 Å². The summed E-state index contributed by atoms with van der Waals surface area (Å²) in [4.78, 5) is 4.25. The predicted octanol–water partition coefficient (Wildman–Crippen LogP) is 3.95. The Bertz CT molecular complexity index is 673. The van der Waals surface area contributed by atoms with E-state index in [4.69, 9.17) is 17.3 Å². The zero-order valence-corrected chi connectivity index (χ0v) is 14.7. The van der Waals surface area contributed by atoms with E-state index < -0.39 is 0 Å². The molecule has 0 radical (unpaired) electrons. The molecule has 0 aliphatic carbocycles. The Morgan fingerprint density at radius 1 is 1.21 bits per heavy atom. The minimum atomic E-state index is 0.340. The molecule has 0 aliphatic heterocycles. The van der Waals surface area contributed by atoms with Gasteiger partial charge in [-0.25, -0.2) is 5.43 Å². The van der Waals surface area contributed by atoms with Crippen molar-refractivity contribution in [3.8, 4) is 5.69 Å². The molecule has 3 N–H and O–H groups in total. The molecular formula is C18H24ClN5. The monoisotopic (exact) mass is 345 g/mol. The Hall–Kier alpha value is -2.27. The molecular weight excluding hydrogens is 322 g/mol. The van der Waals surface area contributed by atoms with Gasteiger partial charge in [0.15, 0.2) is 0 Å². The van der Waals surface area contributed by atoms with Gasteiger partial charge in [-0.3, -0.25) is 4.99 Å². The SMILES string of the molecule is CCCCCCN=C(N)N/N=C/c1cccn1-c1ccc(Cl)cc1. The highest BCUT2D eigenvalue weighted by atomic mass is 35.5. The van der Waals surface area contributed by atoms with Crippen LogP contribution in [0, 0.1) is 0 Å². The molecule has 6 heteroatoms. The van der Waals surface area contributed by atoms with Crippen LogP contribution in [0.3, 0.4) is 0 Å². The second kappa shape index (κ2) is 9.78. The fourth-order valence-corrected chi connectivity index (χ4v) is 2.40. The molecule has 0 atom stereocenters. The minimum Gasteiger partial charge on any atom is -0.369 e. The molecule has 1 heterocycles. The standard InChI is InChI=1S/C18H24ClN5/c1-2-3-4-5-12-21-18(20)23-22-14-17-7-6-13-24(17)16-10-8-15(19)9-11-16/h6-11,13-14H,2-5,12H2,1H3,(H3,20,21,23)/b22-14+. The number of nitrogens with zero attached hydrogens (tertiary/aromatic N) is 3. The van der Waals surface area contributed by atoms with Crippen LogP contribution in [0.1, 0.15) is 38.3 Å². The number of nitrogens with one attached hydrogen (secondary N) is 1. The van der Waals surface area contributed by atoms with E-state index >= 15 is 0 Å². The highest BCUT2D eigenvalue weighted by Crippen LogP contribution is 2.15. The van der Waals surface area contributed by atoms with Crippen LogP contribution in [-0.4, -0.2) is 23.3 Å². The number of nitrogens with two attached hydrogens (primary N) is 1. The van der Waals surface area contributed by atoms with E-state index in [2.05, 4.69) is 22.4 Å². The molecule has 0 saturated heterocycles. The van der Waals surface area contributed by atoms with Crippen molar-refractivity contribution in [1.29, 1.82) is 0 Å². The summed E-state index contributed by atoms with van der Waals surface area (Å²) in [5.74, 6) is 0.340. The van der Waals surface area contributed by atoms with Crippen molar-refractivity contribution in [2.45, 2.75) is 32.6 Å². The number of halogens is 1. The fraction of sp³-hybridized carbons (Fsp3) is 0.333. The number of rotatable bonds is 8. The summed E-state index contributed by atoms with van der Waals surface area (Å²) in [6, 6.07) is 11.6. The van der Waals surface area contributed by atoms with Crippen molar-refractivity contribution in [2.75, 3.05) is 6.54 Å². The van der Waals surface area contributed by atoms with E-state index in [0.29, 0.717) is 11.0 Å². The van der Waals surface area contributed by atoms with Crippen LogP contribution in [0.25, 0.3) is 5.69 Å². The van der Waals surface area contributed by atoms with Crippen LogP contribution in [0.4, 0.5) is 0 Å². The molecule has 1 aromatic heterocycles. The first-order valence-corrected chi connectivity index (χ1v) is 8.61. The zero-order chi connectivity index (χ0) is 17.2. The van der Waals surface area contributed by atoms with E-state index in [0.717, 1.165) is 24.3 Å². The first kappa shape index (κ1) is 18.1. The second-order valence-electron chi connectivity index (χ2n) is 5.48. The van der Waals surface area contributed by atoms with E-state index in [1.165, 1.54) is 19.3 Å². The fourth-order valence-electron chi connectivity index (χ4n) is 2.27. The van der Waals surface area contributed by atoms with Crippen molar-refractivity contribution >= 4 is 23.8 Å². The topological polar surface area (TPSA) is 67.7 Å². The van der Waals surface area contributed by atoms with Gasteiger partial charge < -0.3 is 10.3 Å². The molecule has 0 fully saturated rings. The van der Waals surface area contributed by atoms with Gasteiger partial charge in [-0.05, 0) is 42.8 Å². The molecule has 2 rings (SSSR count). The average Bonchev–Trinajstić information content (AvgIpc) is 3.04. The average molecular weight is 346 g/mol. The third-order valence-corrected chi connectivity index (χ3v) is 3.81. The van der Waals surface area contributed by atoms with Gasteiger partial charge in [-0.1, -0.05) is 37.8 Å². The smallest absolute Gasteiger partial charge is 0.209 e. The van der Waals surface area contributed by atoms with E-state index in [-0.39, 0.29) is 0 Å². The second-order valence-corrected chi connectivity index (χ2v) is 5.91. The number of hydrogen-bond acceptors (Lipinski definition) is 2. The summed E-state index contributed by atoms with van der Waals surface area (Å²) >= 11 is 5.93. The Balaban J connectivity index is 1.90. The van der Waals surface area contributed by atoms with Crippen LogP contribution >= 0.6 is 11.6 Å². The van der Waals surface area contributed by atoms with E-state index in [1.807, 2.05) is 47.2 Å². The first-order chi connectivity index (χ1) is 11.7. The molecule has 24 heavy (non-hydrogen) atoms. The largest absolute Gasteiger partial charge is 0.369 e. The molecule has 0 unspecified atom stereocenters. The number of hydrazone groups is 1. The van der Waals surface area contributed by atoms with E-state index in [9.17, 15) is 0 Å². The minimum absolute atomic E-state index is 0.340. The highest BCUT2D eigenvalue weighted by Gasteiger charge is 2.01. The van der Waals surface area contributed by atoms with Gasteiger partial charge in [-0.2, -0.15) is 5.10 Å². The summed E-state index contributed by atoms with van der Waals surface area (Å²) in [5, 5.41) is 4.87. The lowest BCUT2D eigenvalue weighted by molar-refractivity contribution is 0.673. The lowest BCUT2D eigenvalue weighted by atomic mass is 10.2. The molecule has 5 nitrogen and oxygen atoms in total. The molecule has 1 aromatic carbocycles. The lowest BCUT2D eigenvalue weighted by Crippen LogP contribution is -2.27. The number of aliphatic imine (C=N–C) groups is 1. The number of unbranched alkanes of at least 4 members (excludes halogenated alkanes) is 3. The van der Waals surface area contributed by atoms with Gasteiger partial charge in [0.1, 0.15) is 0 Å². The maximum absolute atomic E-state index is 5.93. The third kappa shape index (κ3) is 5.74. The first-order valence-electron chi connectivity index (χ1n) is 8.23. The quantitative estimate of drug-likeness (QED) is 0.329. The lowest BCUT2D eigenvalue weighted by Gasteiger charge is -2.06. The van der Waals surface area contributed by atoms with Crippen LogP contribution in [0.2, 0.25) is 5.02 Å². The van der Waals surface area contributed by atoms with Crippen molar-refractivity contribution in [3.63, 3.8) is 0 Å². The molecule has 0 bridgehead atoms. The van der Waals surface area contributed by atoms with Gasteiger partial charge in [0, 0.05) is 23.5 Å². The number of benzene rings is 1. The summed E-state index contributed by atoms with van der Waals surface area (Å²) in [6.07, 6.45) is 8.38. The summed E-state index contributed by atoms with van der Waals surface area (Å²) in [5.41, 5.74) is 10.5. The maximum Gasteiger partial charge on any atom is 0.209 e. The normalized spacial score (nSPS) is 12.0. The van der Waals surface area contributed by atoms with Crippen LogP contribution < -0.4 is 11.2 Å². The number of guanidine groups is 1. The molecule has 128 valence electrons. The summed E-state index contributed by atoms with van der Waals surface area (Å²) in [6.45, 7) is 2.92. The molecule has 0 aliphatic rings. The Labute approximate surface area is 148 Å². The molecule has 0 spiro atoms. The van der Waals surface area contributed by atoms with Crippen molar-refractivity contribution in [1.82, 2.24) is 9.99 Å². The predicted molar refractivity (Wildman–Crippen MR) is 102 cm³/mol. The Morgan fingerprint density at radius 2 is 2.00 bits per heavy atom. The molecule has 0 amide bonds. The molecule has 2 aromatic rings. The summed E-state index contributed by atoms with van der Waals surface area (Å²) < 4.78 is 2.01. The van der Waals surface area contributed by atoms with Crippen LogP contribution in [0.15, 0.2) is 52.7 Å².